The Bertz CT molecular complexity index is 2560. The van der Waals surface area contributed by atoms with Crippen LogP contribution in [-0.2, 0) is 4.57 Å². The summed E-state index contributed by atoms with van der Waals surface area (Å²) in [5, 5.41) is 6.83. The highest BCUT2D eigenvalue weighted by Gasteiger charge is 2.30. The Morgan fingerprint density at radius 1 is 0.413 bits per heavy atom. The lowest BCUT2D eigenvalue weighted by Gasteiger charge is -2.20. The van der Waals surface area contributed by atoms with Gasteiger partial charge in [0.15, 0.2) is 7.14 Å². The molecule has 0 aliphatic heterocycles. The average Bonchev–Trinajstić information content (AvgIpc) is 3.67. The molecule has 4 heteroatoms. The van der Waals surface area contributed by atoms with Crippen molar-refractivity contribution < 1.29 is 8.98 Å². The molecule has 0 N–H and O–H groups in total. The number of rotatable bonds is 5. The van der Waals surface area contributed by atoms with E-state index >= 15 is 4.57 Å². The van der Waals surface area contributed by atoms with Gasteiger partial charge in [0.2, 0.25) is 0 Å². The maximum atomic E-state index is 15.1. The minimum Gasteiger partial charge on any atom is -0.456 e. The summed E-state index contributed by atoms with van der Waals surface area (Å²) in [6.07, 6.45) is 0. The maximum absolute atomic E-state index is 15.1. The van der Waals surface area contributed by atoms with Crippen LogP contribution < -0.4 is 15.9 Å². The summed E-state index contributed by atoms with van der Waals surface area (Å²) in [4.78, 5) is 0. The van der Waals surface area contributed by atoms with E-state index in [4.69, 9.17) is 4.42 Å². The van der Waals surface area contributed by atoms with Gasteiger partial charge >= 0.3 is 0 Å². The number of nitrogens with zero attached hydrogens (tertiary/aromatic N) is 1. The second kappa shape index (κ2) is 10.5. The topological polar surface area (TPSA) is 35.1 Å². The maximum Gasteiger partial charge on any atom is 0.171 e. The second-order valence-electron chi connectivity index (χ2n) is 11.7. The van der Waals surface area contributed by atoms with E-state index < -0.39 is 7.14 Å². The summed E-state index contributed by atoms with van der Waals surface area (Å²) in [5.41, 5.74) is 7.34. The summed E-state index contributed by atoms with van der Waals surface area (Å²) in [6, 6.07) is 57.8. The van der Waals surface area contributed by atoms with E-state index in [0.717, 1.165) is 54.7 Å². The van der Waals surface area contributed by atoms with Crippen molar-refractivity contribution in [3.8, 4) is 16.8 Å². The Balaban J connectivity index is 1.22. The molecule has 0 saturated carbocycles. The van der Waals surface area contributed by atoms with Crippen LogP contribution in [0.25, 0.3) is 60.6 Å². The molecule has 0 amide bonds. The molecule has 46 heavy (non-hydrogen) atoms. The predicted molar refractivity (Wildman–Crippen MR) is 193 cm³/mol. The molecule has 3 nitrogen and oxygen atoms in total. The van der Waals surface area contributed by atoms with Gasteiger partial charge in [-0.25, -0.2) is 0 Å². The summed E-state index contributed by atoms with van der Waals surface area (Å²) in [7, 11) is -3.12. The minimum atomic E-state index is -3.12. The molecule has 218 valence electrons. The Morgan fingerprint density at radius 3 is 1.63 bits per heavy atom. The summed E-state index contributed by atoms with van der Waals surface area (Å²) in [5.74, 6) is 0. The number of hydrogen-bond acceptors (Lipinski definition) is 2. The third-order valence-corrected chi connectivity index (χ3v) is 12.1. The number of hydrogen-bond donors (Lipinski definition) is 0. The van der Waals surface area contributed by atoms with Gasteiger partial charge in [-0.1, -0.05) is 109 Å². The van der Waals surface area contributed by atoms with Crippen LogP contribution in [0.2, 0.25) is 0 Å². The van der Waals surface area contributed by atoms with E-state index in [0.29, 0.717) is 0 Å². The third kappa shape index (κ3) is 4.10. The van der Waals surface area contributed by atoms with Crippen molar-refractivity contribution in [3.05, 3.63) is 170 Å². The molecule has 0 fully saturated rings. The molecule has 9 aromatic rings. The van der Waals surface area contributed by atoms with E-state index in [1.807, 2.05) is 72.8 Å². The quantitative estimate of drug-likeness (QED) is 0.182. The average molecular weight is 610 g/mol. The van der Waals surface area contributed by atoms with Crippen molar-refractivity contribution in [1.29, 1.82) is 0 Å². The highest BCUT2D eigenvalue weighted by molar-refractivity contribution is 7.85. The molecule has 0 aliphatic carbocycles. The molecular weight excluding hydrogens is 581 g/mol. The normalized spacial score (nSPS) is 12.0. The van der Waals surface area contributed by atoms with Crippen molar-refractivity contribution in [1.82, 2.24) is 4.57 Å². The van der Waals surface area contributed by atoms with Gasteiger partial charge in [-0.3, -0.25) is 0 Å². The largest absolute Gasteiger partial charge is 0.456 e. The number of furan rings is 1. The van der Waals surface area contributed by atoms with Crippen molar-refractivity contribution in [3.63, 3.8) is 0 Å². The Morgan fingerprint density at radius 2 is 0.935 bits per heavy atom. The fourth-order valence-electron chi connectivity index (χ4n) is 6.87. The molecular formula is C42H28NO2P. The van der Waals surface area contributed by atoms with E-state index in [1.165, 1.54) is 21.8 Å². The number of para-hydroxylation sites is 2. The SMILES string of the molecule is O=P(c1ccccc1)(c1ccccc1)c1ccc2oc3ccc(-c4ccc5c(c4)c4ccccc4n5-c4ccccc4)cc3c2c1. The fraction of sp³-hybridized carbons (Fsp3) is 0. The first-order valence-corrected chi connectivity index (χ1v) is 17.2. The van der Waals surface area contributed by atoms with E-state index in [9.17, 15) is 0 Å². The lowest BCUT2D eigenvalue weighted by molar-refractivity contribution is 0.592. The standard InChI is InChI=1S/C42H28NO2P/c44-46(32-14-6-2-7-15-32,33-16-8-3-9-17-33)34-22-25-42-38(28-34)37-27-30(21-24-41(37)45-42)29-20-23-40-36(26-29)35-18-10-11-19-39(35)43(40)31-12-4-1-5-13-31/h1-28H. The number of benzene rings is 7. The van der Waals surface area contributed by atoms with Crippen LogP contribution >= 0.6 is 7.14 Å². The van der Waals surface area contributed by atoms with E-state index in [2.05, 4.69) is 102 Å². The zero-order valence-electron chi connectivity index (χ0n) is 24.9. The van der Waals surface area contributed by atoms with Gasteiger partial charge in [-0.05, 0) is 71.8 Å². The summed E-state index contributed by atoms with van der Waals surface area (Å²) in [6.45, 7) is 0. The van der Waals surface area contributed by atoms with Crippen molar-refractivity contribution in [2.45, 2.75) is 0 Å². The van der Waals surface area contributed by atoms with Crippen LogP contribution in [0.5, 0.6) is 0 Å². The second-order valence-corrected chi connectivity index (χ2v) is 14.5. The van der Waals surface area contributed by atoms with Crippen LogP contribution in [0, 0.1) is 0 Å². The van der Waals surface area contributed by atoms with Crippen LogP contribution in [-0.4, -0.2) is 4.57 Å². The van der Waals surface area contributed by atoms with Gasteiger partial charge in [0, 0.05) is 43.1 Å². The third-order valence-electron chi connectivity index (χ3n) is 9.08. The van der Waals surface area contributed by atoms with Gasteiger partial charge in [-0.2, -0.15) is 0 Å². The molecule has 9 rings (SSSR count). The lowest BCUT2D eigenvalue weighted by Crippen LogP contribution is -2.24. The van der Waals surface area contributed by atoms with Gasteiger partial charge in [0.25, 0.3) is 0 Å². The van der Waals surface area contributed by atoms with Gasteiger partial charge in [0.1, 0.15) is 11.2 Å². The Labute approximate surface area is 266 Å². The Hall–Kier alpha value is -5.63. The first-order chi connectivity index (χ1) is 22.7. The van der Waals surface area contributed by atoms with Gasteiger partial charge in [-0.15, -0.1) is 0 Å². The molecule has 0 radical (unpaired) electrons. The van der Waals surface area contributed by atoms with Crippen LogP contribution in [0.1, 0.15) is 0 Å². The van der Waals surface area contributed by atoms with Crippen molar-refractivity contribution in [2.75, 3.05) is 0 Å². The summed E-state index contributed by atoms with van der Waals surface area (Å²) >= 11 is 0. The molecule has 0 bridgehead atoms. The molecule has 0 aliphatic rings. The van der Waals surface area contributed by atoms with Crippen molar-refractivity contribution in [2.24, 2.45) is 0 Å². The minimum absolute atomic E-state index is 0.782. The molecule has 2 heterocycles. The molecule has 0 spiro atoms. The van der Waals surface area contributed by atoms with E-state index in [-0.39, 0.29) is 0 Å². The van der Waals surface area contributed by atoms with Gasteiger partial charge in [0.05, 0.1) is 11.0 Å². The first kappa shape index (κ1) is 26.7. The highest BCUT2D eigenvalue weighted by Crippen LogP contribution is 2.44. The monoisotopic (exact) mass is 609 g/mol. The molecule has 2 aromatic heterocycles. The zero-order chi connectivity index (χ0) is 30.7. The van der Waals surface area contributed by atoms with Gasteiger partial charge < -0.3 is 13.5 Å². The lowest BCUT2D eigenvalue weighted by atomic mass is 10.0. The van der Waals surface area contributed by atoms with Crippen LogP contribution in [0.3, 0.4) is 0 Å². The highest BCUT2D eigenvalue weighted by atomic mass is 31.2. The van der Waals surface area contributed by atoms with E-state index in [1.54, 1.807) is 0 Å². The molecule has 7 aromatic carbocycles. The Kier molecular flexibility index (Phi) is 6.09. The first-order valence-electron chi connectivity index (χ1n) is 15.5. The fourth-order valence-corrected chi connectivity index (χ4v) is 9.55. The van der Waals surface area contributed by atoms with Crippen LogP contribution in [0.15, 0.2) is 174 Å². The predicted octanol–water partition coefficient (Wildman–Crippen LogP) is 9.99. The molecule has 0 atom stereocenters. The molecule has 0 unspecified atom stereocenters. The smallest absolute Gasteiger partial charge is 0.171 e. The number of fused-ring (bicyclic) bond motifs is 6. The summed E-state index contributed by atoms with van der Waals surface area (Å²) < 4.78 is 23.8. The van der Waals surface area contributed by atoms with Crippen LogP contribution in [0.4, 0.5) is 0 Å². The molecule has 0 saturated heterocycles. The van der Waals surface area contributed by atoms with Crippen molar-refractivity contribution >= 4 is 66.8 Å². The zero-order valence-corrected chi connectivity index (χ0v) is 25.8. The number of aromatic nitrogens is 1.